The van der Waals surface area contributed by atoms with Crippen LogP contribution in [-0.2, 0) is 20.7 Å². The Balaban J connectivity index is 1.85. The topological polar surface area (TPSA) is 49.9 Å². The molecule has 0 N–H and O–H groups in total. The van der Waals surface area contributed by atoms with Gasteiger partial charge in [-0.15, -0.1) is 17.9 Å². The summed E-state index contributed by atoms with van der Waals surface area (Å²) >= 11 is 1.69. The maximum Gasteiger partial charge on any atom is 0.228 e. The molecular weight excluding hydrogens is 384 g/mol. The van der Waals surface area contributed by atoms with Crippen LogP contribution in [0.3, 0.4) is 0 Å². The molecule has 1 aromatic heterocycles. The number of hydrogen-bond acceptors (Lipinski definition) is 4. The van der Waals surface area contributed by atoms with Crippen molar-refractivity contribution in [3.8, 4) is 10.4 Å². The van der Waals surface area contributed by atoms with Gasteiger partial charge in [-0.05, 0) is 29.0 Å². The second-order valence-electron chi connectivity index (χ2n) is 7.19. The summed E-state index contributed by atoms with van der Waals surface area (Å²) in [4.78, 5) is 30.7. The van der Waals surface area contributed by atoms with Crippen LogP contribution in [0.4, 0.5) is 0 Å². The Bertz CT molecular complexity index is 834. The SMILES string of the molecule is C=CCN1CCN(C(=O)CCOC)C[C@@H](Cc2ccccc2-c2cccs2)C1=O. The summed E-state index contributed by atoms with van der Waals surface area (Å²) in [6.45, 7) is 6.20. The second kappa shape index (κ2) is 10.4. The van der Waals surface area contributed by atoms with E-state index in [-0.39, 0.29) is 17.7 Å². The average molecular weight is 413 g/mol. The van der Waals surface area contributed by atoms with Gasteiger partial charge in [0, 0.05) is 38.2 Å². The third-order valence-corrected chi connectivity index (χ3v) is 6.14. The van der Waals surface area contributed by atoms with Gasteiger partial charge in [0.15, 0.2) is 0 Å². The fraction of sp³-hybridized carbons (Fsp3) is 0.391. The number of carbonyl (C=O) groups excluding carboxylic acids is 2. The van der Waals surface area contributed by atoms with Gasteiger partial charge in [-0.1, -0.05) is 36.4 Å². The first-order valence-corrected chi connectivity index (χ1v) is 10.8. The van der Waals surface area contributed by atoms with Crippen LogP contribution in [0.5, 0.6) is 0 Å². The maximum absolute atomic E-state index is 13.2. The van der Waals surface area contributed by atoms with Crippen LogP contribution in [0, 0.1) is 5.92 Å². The van der Waals surface area contributed by atoms with Crippen molar-refractivity contribution in [3.63, 3.8) is 0 Å². The number of methoxy groups -OCH3 is 1. The molecule has 154 valence electrons. The molecule has 0 unspecified atom stereocenters. The summed E-state index contributed by atoms with van der Waals surface area (Å²) in [5.74, 6) is -0.144. The van der Waals surface area contributed by atoms with Gasteiger partial charge in [-0.3, -0.25) is 9.59 Å². The van der Waals surface area contributed by atoms with Crippen LogP contribution in [0.15, 0.2) is 54.4 Å². The molecule has 2 aromatic rings. The van der Waals surface area contributed by atoms with E-state index in [4.69, 9.17) is 4.74 Å². The van der Waals surface area contributed by atoms with E-state index >= 15 is 0 Å². The summed E-state index contributed by atoms with van der Waals surface area (Å²) in [7, 11) is 1.59. The highest BCUT2D eigenvalue weighted by atomic mass is 32.1. The Kier molecular flexibility index (Phi) is 7.61. The van der Waals surface area contributed by atoms with E-state index in [1.807, 2.05) is 28.0 Å². The van der Waals surface area contributed by atoms with Crippen molar-refractivity contribution >= 4 is 23.2 Å². The van der Waals surface area contributed by atoms with Crippen molar-refractivity contribution in [3.05, 3.63) is 60.0 Å². The molecule has 5 nitrogen and oxygen atoms in total. The molecule has 3 rings (SSSR count). The smallest absolute Gasteiger partial charge is 0.228 e. The molecular formula is C23H28N2O3S. The molecule has 1 saturated heterocycles. The first kappa shape index (κ1) is 21.3. The van der Waals surface area contributed by atoms with E-state index in [2.05, 4.69) is 30.2 Å². The highest BCUT2D eigenvalue weighted by Crippen LogP contribution is 2.30. The molecule has 1 aliphatic heterocycles. The lowest BCUT2D eigenvalue weighted by molar-refractivity contribution is -0.134. The molecule has 0 spiro atoms. The molecule has 1 aromatic carbocycles. The molecule has 1 fully saturated rings. The van der Waals surface area contributed by atoms with E-state index in [1.165, 1.54) is 4.88 Å². The van der Waals surface area contributed by atoms with Crippen molar-refractivity contribution < 1.29 is 14.3 Å². The van der Waals surface area contributed by atoms with Crippen molar-refractivity contribution in [2.45, 2.75) is 12.8 Å². The lowest BCUT2D eigenvalue weighted by Gasteiger charge is -2.24. The van der Waals surface area contributed by atoms with Crippen molar-refractivity contribution in [2.24, 2.45) is 5.92 Å². The standard InChI is InChI=1S/C23H28N2O3S/c1-3-11-24-12-13-25(22(26)10-14-28-2)17-19(23(24)27)16-18-7-4-5-8-20(18)21-9-6-15-29-21/h3-9,15,19H,1,10-14,16-17H2,2H3/t19-/m1/s1. The predicted molar refractivity (Wildman–Crippen MR) is 117 cm³/mol. The molecule has 0 saturated carbocycles. The van der Waals surface area contributed by atoms with Gasteiger partial charge >= 0.3 is 0 Å². The van der Waals surface area contributed by atoms with Gasteiger partial charge in [0.25, 0.3) is 0 Å². The van der Waals surface area contributed by atoms with Crippen LogP contribution in [-0.4, -0.2) is 61.5 Å². The molecule has 1 atom stereocenters. The van der Waals surface area contributed by atoms with E-state index < -0.39 is 0 Å². The van der Waals surface area contributed by atoms with E-state index in [9.17, 15) is 9.59 Å². The second-order valence-corrected chi connectivity index (χ2v) is 8.14. The van der Waals surface area contributed by atoms with Crippen molar-refractivity contribution in [1.29, 1.82) is 0 Å². The maximum atomic E-state index is 13.2. The monoisotopic (exact) mass is 412 g/mol. The van der Waals surface area contributed by atoms with Gasteiger partial charge < -0.3 is 14.5 Å². The third-order valence-electron chi connectivity index (χ3n) is 5.23. The summed E-state index contributed by atoms with van der Waals surface area (Å²) in [6, 6.07) is 12.4. The molecule has 2 amide bonds. The first-order chi connectivity index (χ1) is 14.1. The molecule has 29 heavy (non-hydrogen) atoms. The summed E-state index contributed by atoms with van der Waals surface area (Å²) in [5.41, 5.74) is 2.30. The molecule has 0 bridgehead atoms. The van der Waals surface area contributed by atoms with Crippen LogP contribution in [0.1, 0.15) is 12.0 Å². The van der Waals surface area contributed by atoms with Crippen molar-refractivity contribution in [2.75, 3.05) is 39.9 Å². The first-order valence-electron chi connectivity index (χ1n) is 9.92. The Labute approximate surface area is 176 Å². The number of benzene rings is 1. The highest BCUT2D eigenvalue weighted by molar-refractivity contribution is 7.13. The normalized spacial score (nSPS) is 17.3. The van der Waals surface area contributed by atoms with E-state index in [0.717, 1.165) is 11.1 Å². The molecule has 0 radical (unpaired) electrons. The Morgan fingerprint density at radius 3 is 2.83 bits per heavy atom. The van der Waals surface area contributed by atoms with Gasteiger partial charge in [-0.25, -0.2) is 0 Å². The fourth-order valence-electron chi connectivity index (χ4n) is 3.74. The number of ether oxygens (including phenoxy) is 1. The summed E-state index contributed by atoms with van der Waals surface area (Å²) < 4.78 is 5.06. The van der Waals surface area contributed by atoms with Gasteiger partial charge in [0.2, 0.25) is 11.8 Å². The van der Waals surface area contributed by atoms with Crippen LogP contribution in [0.25, 0.3) is 10.4 Å². The lowest BCUT2D eigenvalue weighted by atomic mass is 9.93. The molecule has 2 heterocycles. The van der Waals surface area contributed by atoms with Crippen LogP contribution >= 0.6 is 11.3 Å². The Hall–Kier alpha value is -2.44. The molecule has 1 aliphatic rings. The highest BCUT2D eigenvalue weighted by Gasteiger charge is 2.32. The van der Waals surface area contributed by atoms with Gasteiger partial charge in [0.05, 0.1) is 18.9 Å². The number of rotatable bonds is 8. The number of nitrogens with zero attached hydrogens (tertiary/aromatic N) is 2. The minimum Gasteiger partial charge on any atom is -0.384 e. The zero-order chi connectivity index (χ0) is 20.6. The third kappa shape index (κ3) is 5.34. The largest absolute Gasteiger partial charge is 0.384 e. The molecule has 6 heteroatoms. The van der Waals surface area contributed by atoms with Gasteiger partial charge in [-0.2, -0.15) is 0 Å². The zero-order valence-corrected chi connectivity index (χ0v) is 17.7. The van der Waals surface area contributed by atoms with Crippen LogP contribution in [0.2, 0.25) is 0 Å². The minimum atomic E-state index is -0.273. The molecule has 0 aliphatic carbocycles. The quantitative estimate of drug-likeness (QED) is 0.624. The number of thiophene rings is 1. The Morgan fingerprint density at radius 1 is 1.28 bits per heavy atom. The average Bonchev–Trinajstić information content (AvgIpc) is 3.22. The predicted octanol–water partition coefficient (Wildman–Crippen LogP) is 3.47. The minimum absolute atomic E-state index is 0.0386. The number of hydrogen-bond donors (Lipinski definition) is 0. The summed E-state index contributed by atoms with van der Waals surface area (Å²) in [5, 5.41) is 2.06. The fourth-order valence-corrected chi connectivity index (χ4v) is 4.53. The lowest BCUT2D eigenvalue weighted by Crippen LogP contribution is -2.38. The van der Waals surface area contributed by atoms with E-state index in [1.54, 1.807) is 24.5 Å². The summed E-state index contributed by atoms with van der Waals surface area (Å²) in [6.07, 6.45) is 2.69. The zero-order valence-electron chi connectivity index (χ0n) is 16.9. The van der Waals surface area contributed by atoms with Crippen LogP contribution < -0.4 is 0 Å². The van der Waals surface area contributed by atoms with Gasteiger partial charge in [0.1, 0.15) is 0 Å². The number of amides is 2. The van der Waals surface area contributed by atoms with Crippen molar-refractivity contribution in [1.82, 2.24) is 9.80 Å². The Morgan fingerprint density at radius 2 is 2.10 bits per heavy atom. The number of carbonyl (C=O) groups is 2. The van der Waals surface area contributed by atoms with E-state index in [0.29, 0.717) is 45.6 Å².